The Balaban J connectivity index is 1.35. The van der Waals surface area contributed by atoms with E-state index in [1.54, 1.807) is 0 Å². The van der Waals surface area contributed by atoms with Gasteiger partial charge in [-0.25, -0.2) is 0 Å². The predicted octanol–water partition coefficient (Wildman–Crippen LogP) is 14.9. The maximum atomic E-state index is 7.39. The van der Waals surface area contributed by atoms with Gasteiger partial charge in [-0.1, -0.05) is 144 Å². The normalized spacial score (nSPS) is 16.7. The zero-order valence-corrected chi connectivity index (χ0v) is 40.0. The van der Waals surface area contributed by atoms with E-state index in [0.717, 1.165) is 41.9 Å². The number of hydrogen-bond acceptors (Lipinski definition) is 3. The van der Waals surface area contributed by atoms with Crippen LogP contribution < -0.4 is 26.4 Å². The molecule has 0 N–H and O–H groups in total. The third-order valence-electron chi connectivity index (χ3n) is 15.2. The first kappa shape index (κ1) is 41.5. The van der Waals surface area contributed by atoms with E-state index in [-0.39, 0.29) is 28.4 Å². The number of nitrogens with zero attached hydrogens (tertiary/aromatic N) is 2. The molecule has 320 valence electrons. The van der Waals surface area contributed by atoms with Crippen molar-refractivity contribution in [3.63, 3.8) is 0 Å². The average molecular weight is 829 g/mol. The topological polar surface area (TPSA) is 19.6 Å². The second-order valence-electron chi connectivity index (χ2n) is 22.6. The SMILES string of the molecule is CCC(C)c1ccc(N2c3cc(C)cc4c3B(c3cc5c(cc3N4c3ccc(C(C)(C)C)cc3-c3ccccc3)C(C)(C)CCC5(C)C)c3oc4ccc(C(C)(C)C)cc4c32)cc1. The first-order chi connectivity index (χ1) is 29.8. The molecular formula is C59H65BN2O. The van der Waals surface area contributed by atoms with Gasteiger partial charge in [0.25, 0.3) is 6.71 Å². The van der Waals surface area contributed by atoms with E-state index in [1.165, 1.54) is 83.6 Å². The Hall–Kier alpha value is -5.48. The van der Waals surface area contributed by atoms with Crippen molar-refractivity contribution in [2.45, 2.75) is 137 Å². The molecule has 63 heavy (non-hydrogen) atoms. The van der Waals surface area contributed by atoms with Gasteiger partial charge in [0.15, 0.2) is 0 Å². The molecule has 10 rings (SSSR count). The van der Waals surface area contributed by atoms with Crippen molar-refractivity contribution in [3.8, 4) is 11.1 Å². The van der Waals surface area contributed by atoms with Gasteiger partial charge >= 0.3 is 0 Å². The highest BCUT2D eigenvalue weighted by Crippen LogP contribution is 2.53. The molecule has 1 aliphatic carbocycles. The molecule has 2 aliphatic heterocycles. The molecule has 0 amide bonds. The van der Waals surface area contributed by atoms with Crippen molar-refractivity contribution in [2.75, 3.05) is 9.80 Å². The van der Waals surface area contributed by atoms with Gasteiger partial charge in [-0.3, -0.25) is 0 Å². The monoisotopic (exact) mass is 829 g/mol. The first-order valence-corrected chi connectivity index (χ1v) is 23.6. The summed E-state index contributed by atoms with van der Waals surface area (Å²) < 4.78 is 7.39. The van der Waals surface area contributed by atoms with Gasteiger partial charge in [-0.2, -0.15) is 0 Å². The minimum atomic E-state index is -0.113. The Morgan fingerprint density at radius 1 is 0.651 bits per heavy atom. The number of fused-ring (bicyclic) bond motifs is 7. The standard InChI is InChI=1S/C59H65BN2O/c1-14-37(3)38-20-24-42(25-21-38)61-50-30-36(2)31-51-53(50)60(55-54(61)44-33-41(57(7,8)9)23-27-52(44)63-55)47-34-45-46(59(12,13)29-28-58(45,10)11)35-49(47)62(51)48-26-22-40(56(4,5)6)32-43(48)39-18-16-15-17-19-39/h15-27,30-35,37H,14,28-29H2,1-13H3. The van der Waals surface area contributed by atoms with Crippen molar-refractivity contribution in [3.05, 3.63) is 149 Å². The second-order valence-corrected chi connectivity index (χ2v) is 22.6. The summed E-state index contributed by atoms with van der Waals surface area (Å²) in [4.78, 5) is 5.19. The summed E-state index contributed by atoms with van der Waals surface area (Å²) in [6, 6.07) is 44.7. The quantitative estimate of drug-likeness (QED) is 0.161. The molecule has 3 heterocycles. The van der Waals surface area contributed by atoms with Crippen LogP contribution in [0.5, 0.6) is 0 Å². The minimum Gasteiger partial charge on any atom is -0.468 e. The number of benzene rings is 6. The van der Waals surface area contributed by atoms with E-state index in [9.17, 15) is 0 Å². The van der Waals surface area contributed by atoms with Crippen LogP contribution >= 0.6 is 0 Å². The van der Waals surface area contributed by atoms with Crippen LogP contribution in [0.15, 0.2) is 120 Å². The molecule has 0 spiro atoms. The first-order valence-electron chi connectivity index (χ1n) is 23.6. The van der Waals surface area contributed by atoms with Crippen molar-refractivity contribution >= 4 is 68.4 Å². The van der Waals surface area contributed by atoms with Gasteiger partial charge < -0.3 is 14.2 Å². The summed E-state index contributed by atoms with van der Waals surface area (Å²) in [5.41, 5.74) is 22.5. The van der Waals surface area contributed by atoms with Crippen LogP contribution in [0.3, 0.4) is 0 Å². The molecule has 6 aromatic carbocycles. The maximum Gasteiger partial charge on any atom is 0.297 e. The second kappa shape index (κ2) is 14.3. The zero-order chi connectivity index (χ0) is 44.5. The Bertz CT molecular complexity index is 2940. The lowest BCUT2D eigenvalue weighted by molar-refractivity contribution is 0.332. The lowest BCUT2D eigenvalue weighted by Crippen LogP contribution is -2.61. The third-order valence-corrected chi connectivity index (χ3v) is 15.2. The predicted molar refractivity (Wildman–Crippen MR) is 272 cm³/mol. The number of aryl methyl sites for hydroxylation is 1. The lowest BCUT2D eigenvalue weighted by Gasteiger charge is -2.47. The number of anilines is 6. The van der Waals surface area contributed by atoms with E-state index in [2.05, 4.69) is 215 Å². The Labute approximate surface area is 377 Å². The molecule has 1 unspecified atom stereocenters. The molecule has 4 heteroatoms. The summed E-state index contributed by atoms with van der Waals surface area (Å²) >= 11 is 0. The van der Waals surface area contributed by atoms with Crippen LogP contribution in [0, 0.1) is 6.92 Å². The van der Waals surface area contributed by atoms with Gasteiger partial charge in [-0.15, -0.1) is 0 Å². The van der Waals surface area contributed by atoms with Crippen molar-refractivity contribution in [2.24, 2.45) is 0 Å². The summed E-state index contributed by atoms with van der Waals surface area (Å²) in [7, 11) is 0. The van der Waals surface area contributed by atoms with E-state index >= 15 is 0 Å². The average Bonchev–Trinajstić information content (AvgIpc) is 3.62. The molecule has 1 aromatic heterocycles. The summed E-state index contributed by atoms with van der Waals surface area (Å²) in [6.45, 7) is 30.5. The number of furan rings is 1. The maximum absolute atomic E-state index is 7.39. The Morgan fingerprint density at radius 2 is 1.25 bits per heavy atom. The summed E-state index contributed by atoms with van der Waals surface area (Å²) in [5.74, 6) is 0.491. The van der Waals surface area contributed by atoms with E-state index < -0.39 is 0 Å². The van der Waals surface area contributed by atoms with Gasteiger partial charge in [0.05, 0.1) is 17.0 Å². The molecule has 0 bridgehead atoms. The Morgan fingerprint density at radius 3 is 1.89 bits per heavy atom. The van der Waals surface area contributed by atoms with Crippen molar-refractivity contribution < 1.29 is 4.42 Å². The smallest absolute Gasteiger partial charge is 0.297 e. The van der Waals surface area contributed by atoms with Crippen LogP contribution in [0.25, 0.3) is 22.1 Å². The zero-order valence-electron chi connectivity index (χ0n) is 40.0. The van der Waals surface area contributed by atoms with E-state index in [1.807, 2.05) is 0 Å². The summed E-state index contributed by atoms with van der Waals surface area (Å²) in [5, 5.41) is 1.17. The fraction of sp³-hybridized carbons (Fsp3) is 0.356. The van der Waals surface area contributed by atoms with Gasteiger partial charge in [0.2, 0.25) is 0 Å². The van der Waals surface area contributed by atoms with E-state index in [4.69, 9.17) is 4.42 Å². The fourth-order valence-corrected chi connectivity index (χ4v) is 10.9. The lowest BCUT2D eigenvalue weighted by atomic mass is 9.35. The molecule has 3 nitrogen and oxygen atoms in total. The molecule has 0 radical (unpaired) electrons. The van der Waals surface area contributed by atoms with Crippen LogP contribution in [0.4, 0.5) is 34.1 Å². The molecule has 1 atom stereocenters. The highest BCUT2D eigenvalue weighted by molar-refractivity contribution is 7.00. The molecule has 3 aliphatic rings. The van der Waals surface area contributed by atoms with Gasteiger partial charge in [0.1, 0.15) is 5.58 Å². The molecule has 0 saturated heterocycles. The number of hydrogen-bond donors (Lipinski definition) is 0. The minimum absolute atomic E-state index is 0.0142. The van der Waals surface area contributed by atoms with E-state index in [0.29, 0.717) is 5.92 Å². The molecule has 0 saturated carbocycles. The largest absolute Gasteiger partial charge is 0.468 e. The Kier molecular flexibility index (Phi) is 9.40. The molecule has 7 aromatic rings. The van der Waals surface area contributed by atoms with Crippen molar-refractivity contribution in [1.29, 1.82) is 0 Å². The third kappa shape index (κ3) is 6.60. The number of rotatable bonds is 5. The van der Waals surface area contributed by atoms with Crippen LogP contribution in [-0.4, -0.2) is 6.71 Å². The fourth-order valence-electron chi connectivity index (χ4n) is 10.9. The van der Waals surface area contributed by atoms with Crippen LogP contribution in [0.2, 0.25) is 0 Å². The molecule has 0 fully saturated rings. The van der Waals surface area contributed by atoms with Gasteiger partial charge in [0, 0.05) is 33.7 Å². The van der Waals surface area contributed by atoms with Gasteiger partial charge in [-0.05, 0) is 158 Å². The van der Waals surface area contributed by atoms with Crippen molar-refractivity contribution in [1.82, 2.24) is 0 Å². The highest BCUT2D eigenvalue weighted by Gasteiger charge is 2.49. The highest BCUT2D eigenvalue weighted by atomic mass is 16.3. The van der Waals surface area contributed by atoms with Crippen LogP contribution in [-0.2, 0) is 21.7 Å². The molecular weight excluding hydrogens is 763 g/mol. The van der Waals surface area contributed by atoms with Crippen LogP contribution in [0.1, 0.15) is 142 Å². The summed E-state index contributed by atoms with van der Waals surface area (Å²) in [6.07, 6.45) is 3.41.